The Morgan fingerprint density at radius 2 is 1.77 bits per heavy atom. The van der Waals surface area contributed by atoms with Crippen molar-refractivity contribution in [3.63, 3.8) is 0 Å². The molecule has 0 bridgehead atoms. The van der Waals surface area contributed by atoms with Crippen molar-refractivity contribution < 1.29 is 23.8 Å². The number of nitrogens with zero attached hydrogens (tertiary/aromatic N) is 5. The summed E-state index contributed by atoms with van der Waals surface area (Å²) >= 11 is 0. The molecule has 0 saturated carbocycles. The van der Waals surface area contributed by atoms with Gasteiger partial charge in [0.25, 0.3) is 0 Å². The quantitative estimate of drug-likeness (QED) is 0.471. The number of ether oxygens (including phenoxy) is 3. The van der Waals surface area contributed by atoms with Gasteiger partial charge in [0.1, 0.15) is 23.8 Å². The fraction of sp³-hybridized carbons (Fsp3) is 0.440. The maximum atomic E-state index is 13.1. The van der Waals surface area contributed by atoms with Crippen molar-refractivity contribution in [3.8, 4) is 5.75 Å². The van der Waals surface area contributed by atoms with Crippen LogP contribution in [0.5, 0.6) is 5.75 Å². The van der Waals surface area contributed by atoms with Crippen LogP contribution in [0.25, 0.3) is 10.9 Å². The molecule has 0 atom stereocenters. The van der Waals surface area contributed by atoms with Crippen LogP contribution >= 0.6 is 0 Å². The summed E-state index contributed by atoms with van der Waals surface area (Å²) in [5.41, 5.74) is 1.88. The van der Waals surface area contributed by atoms with Crippen molar-refractivity contribution in [1.29, 1.82) is 0 Å². The third-order valence-corrected chi connectivity index (χ3v) is 6.32. The zero-order valence-corrected chi connectivity index (χ0v) is 19.8. The Bertz CT molecular complexity index is 1210. The maximum Gasteiger partial charge on any atom is 0.244 e. The Morgan fingerprint density at radius 3 is 2.51 bits per heavy atom. The van der Waals surface area contributed by atoms with Gasteiger partial charge in [-0.2, -0.15) is 5.10 Å². The molecular formula is C25H29N5O5. The van der Waals surface area contributed by atoms with E-state index in [9.17, 15) is 9.59 Å². The monoisotopic (exact) mass is 479 g/mol. The first-order valence-corrected chi connectivity index (χ1v) is 11.8. The van der Waals surface area contributed by atoms with Gasteiger partial charge in [0, 0.05) is 55.8 Å². The number of carbonyl (C=O) groups excluding carboxylic acids is 2. The summed E-state index contributed by atoms with van der Waals surface area (Å²) in [5, 5.41) is 5.39. The standard InChI is InChI=1S/C25H29N5O5/c1-33-23-15-21-19(16-30(27-21)17-25(32)29-7-11-35-12-8-29)13-18(23)14-22(31)20-3-2-4-24(26-20)28-5-9-34-10-6-28/h2-4,13,15-16H,5-12,14,17H2,1H3. The van der Waals surface area contributed by atoms with Gasteiger partial charge in [-0.1, -0.05) is 6.07 Å². The number of hydrogen-bond donors (Lipinski definition) is 0. The number of anilines is 1. The number of hydrogen-bond acceptors (Lipinski definition) is 8. The van der Waals surface area contributed by atoms with E-state index in [0.717, 1.165) is 29.9 Å². The molecule has 1 aromatic carbocycles. The molecule has 5 rings (SSSR count). The second-order valence-electron chi connectivity index (χ2n) is 8.62. The topological polar surface area (TPSA) is 99.0 Å². The number of ketones is 1. The van der Waals surface area contributed by atoms with E-state index in [0.29, 0.717) is 56.5 Å². The first-order valence-electron chi connectivity index (χ1n) is 11.8. The predicted octanol–water partition coefficient (Wildman–Crippen LogP) is 1.56. The van der Waals surface area contributed by atoms with Crippen LogP contribution in [-0.4, -0.2) is 91.1 Å². The second kappa shape index (κ2) is 10.4. The molecule has 2 aliphatic heterocycles. The molecule has 2 saturated heterocycles. The van der Waals surface area contributed by atoms with Crippen LogP contribution in [0.4, 0.5) is 5.82 Å². The Hall–Kier alpha value is -3.50. The minimum absolute atomic E-state index is 0.00898. The van der Waals surface area contributed by atoms with E-state index in [4.69, 9.17) is 14.2 Å². The highest BCUT2D eigenvalue weighted by molar-refractivity contribution is 5.97. The normalized spacial score (nSPS) is 16.5. The van der Waals surface area contributed by atoms with E-state index in [-0.39, 0.29) is 24.7 Å². The molecule has 10 heteroatoms. The molecule has 2 aromatic heterocycles. The molecule has 4 heterocycles. The van der Waals surface area contributed by atoms with Crippen molar-refractivity contribution in [3.05, 3.63) is 47.8 Å². The Kier molecular flexibility index (Phi) is 6.91. The number of methoxy groups -OCH3 is 1. The molecule has 0 aliphatic carbocycles. The van der Waals surface area contributed by atoms with Gasteiger partial charge in [-0.3, -0.25) is 14.3 Å². The van der Waals surface area contributed by atoms with E-state index in [2.05, 4.69) is 15.0 Å². The minimum Gasteiger partial charge on any atom is -0.496 e. The molecule has 0 radical (unpaired) electrons. The molecule has 1 amide bonds. The fourth-order valence-electron chi connectivity index (χ4n) is 4.42. The van der Waals surface area contributed by atoms with Crippen molar-refractivity contribution >= 4 is 28.4 Å². The number of morpholine rings is 2. The van der Waals surface area contributed by atoms with E-state index in [1.807, 2.05) is 30.5 Å². The Labute approximate surface area is 203 Å². The van der Waals surface area contributed by atoms with Crippen LogP contribution in [0.1, 0.15) is 16.1 Å². The lowest BCUT2D eigenvalue weighted by atomic mass is 10.0. The van der Waals surface area contributed by atoms with Gasteiger partial charge in [-0.15, -0.1) is 0 Å². The molecular weight excluding hydrogens is 450 g/mol. The van der Waals surface area contributed by atoms with Crippen molar-refractivity contribution in [2.75, 3.05) is 64.6 Å². The summed E-state index contributed by atoms with van der Waals surface area (Å²) in [7, 11) is 1.57. The summed E-state index contributed by atoms with van der Waals surface area (Å²) in [6.07, 6.45) is 1.98. The number of rotatable bonds is 7. The van der Waals surface area contributed by atoms with Crippen LogP contribution in [0.3, 0.4) is 0 Å². The molecule has 2 aliphatic rings. The van der Waals surface area contributed by atoms with Gasteiger partial charge in [0.2, 0.25) is 5.91 Å². The van der Waals surface area contributed by atoms with Crippen LogP contribution in [0.15, 0.2) is 36.5 Å². The summed E-state index contributed by atoms with van der Waals surface area (Å²) < 4.78 is 17.9. The van der Waals surface area contributed by atoms with Gasteiger partial charge in [0.05, 0.1) is 39.1 Å². The van der Waals surface area contributed by atoms with Crippen LogP contribution in [0.2, 0.25) is 0 Å². The lowest BCUT2D eigenvalue weighted by Crippen LogP contribution is -2.42. The highest BCUT2D eigenvalue weighted by Crippen LogP contribution is 2.27. The zero-order chi connectivity index (χ0) is 24.2. The van der Waals surface area contributed by atoms with E-state index in [1.54, 1.807) is 22.8 Å². The lowest BCUT2D eigenvalue weighted by molar-refractivity contribution is -0.136. The lowest BCUT2D eigenvalue weighted by Gasteiger charge is -2.27. The predicted molar refractivity (Wildman–Crippen MR) is 129 cm³/mol. The number of aromatic nitrogens is 3. The molecule has 3 aromatic rings. The van der Waals surface area contributed by atoms with Crippen molar-refractivity contribution in [1.82, 2.24) is 19.7 Å². The average molecular weight is 480 g/mol. The number of Topliss-reactive ketones (excluding diaryl/α,β-unsaturated/α-hetero) is 1. The van der Waals surface area contributed by atoms with Crippen molar-refractivity contribution in [2.24, 2.45) is 0 Å². The summed E-state index contributed by atoms with van der Waals surface area (Å²) in [5.74, 6) is 1.29. The summed E-state index contributed by atoms with van der Waals surface area (Å²) in [6.45, 7) is 5.30. The van der Waals surface area contributed by atoms with Gasteiger partial charge in [-0.05, 0) is 18.2 Å². The van der Waals surface area contributed by atoms with Crippen LogP contribution < -0.4 is 9.64 Å². The van der Waals surface area contributed by atoms with Crippen molar-refractivity contribution in [2.45, 2.75) is 13.0 Å². The van der Waals surface area contributed by atoms with Gasteiger partial charge in [0.15, 0.2) is 5.78 Å². The summed E-state index contributed by atoms with van der Waals surface area (Å²) in [6, 6.07) is 9.24. The number of amides is 1. The van der Waals surface area contributed by atoms with Crippen LogP contribution in [-0.2, 0) is 27.2 Å². The van der Waals surface area contributed by atoms with Gasteiger partial charge >= 0.3 is 0 Å². The van der Waals surface area contributed by atoms with Gasteiger partial charge in [-0.25, -0.2) is 4.98 Å². The SMILES string of the molecule is COc1cc2nn(CC(=O)N3CCOCC3)cc2cc1CC(=O)c1cccc(N2CCOCC2)n1. The largest absolute Gasteiger partial charge is 0.496 e. The first-order chi connectivity index (χ1) is 17.1. The third-order valence-electron chi connectivity index (χ3n) is 6.32. The van der Waals surface area contributed by atoms with E-state index in [1.165, 1.54) is 0 Å². The minimum atomic E-state index is -0.0901. The summed E-state index contributed by atoms with van der Waals surface area (Å²) in [4.78, 5) is 34.3. The first kappa shape index (κ1) is 23.3. The Morgan fingerprint density at radius 1 is 1.03 bits per heavy atom. The molecule has 35 heavy (non-hydrogen) atoms. The Balaban J connectivity index is 1.33. The number of benzene rings is 1. The van der Waals surface area contributed by atoms with Crippen LogP contribution in [0, 0.1) is 0 Å². The zero-order valence-electron chi connectivity index (χ0n) is 19.8. The highest BCUT2D eigenvalue weighted by Gasteiger charge is 2.20. The third kappa shape index (κ3) is 5.28. The van der Waals surface area contributed by atoms with Gasteiger partial charge < -0.3 is 24.0 Å². The molecule has 0 unspecified atom stereocenters. The van der Waals surface area contributed by atoms with E-state index >= 15 is 0 Å². The molecule has 184 valence electrons. The van der Waals surface area contributed by atoms with E-state index < -0.39 is 0 Å². The number of fused-ring (bicyclic) bond motifs is 1. The number of carbonyl (C=O) groups is 2. The highest BCUT2D eigenvalue weighted by atomic mass is 16.5. The molecule has 2 fully saturated rings. The molecule has 0 N–H and O–H groups in total. The number of pyridine rings is 1. The second-order valence-corrected chi connectivity index (χ2v) is 8.62. The fourth-order valence-corrected chi connectivity index (χ4v) is 4.42. The average Bonchev–Trinajstić information content (AvgIpc) is 3.30. The maximum absolute atomic E-state index is 13.1. The molecule has 10 nitrogen and oxygen atoms in total. The smallest absolute Gasteiger partial charge is 0.244 e. The molecule has 0 spiro atoms.